The number of carboxylic acids is 1. The van der Waals surface area contributed by atoms with Gasteiger partial charge in [0.15, 0.2) is 17.1 Å². The van der Waals surface area contributed by atoms with Gasteiger partial charge in [-0.25, -0.2) is 51.7 Å². The van der Waals surface area contributed by atoms with Gasteiger partial charge in [-0.3, -0.25) is 12.5 Å². The summed E-state index contributed by atoms with van der Waals surface area (Å²) in [6.45, 7) is 0. The van der Waals surface area contributed by atoms with Crippen LogP contribution in [0, 0.1) is 0 Å². The molecule has 0 unspecified atom stereocenters. The van der Waals surface area contributed by atoms with E-state index in [0.29, 0.717) is 24.3 Å². The van der Waals surface area contributed by atoms with Gasteiger partial charge < -0.3 is 41.0 Å². The molecule has 1 N–H and O–H groups in total. The molecule has 0 amide bonds. The van der Waals surface area contributed by atoms with E-state index in [0.717, 1.165) is 6.07 Å². The minimum Gasteiger partial charge on any atom is -0.726 e. The van der Waals surface area contributed by atoms with Crippen LogP contribution in [-0.2, 0) is 78.9 Å². The Morgan fingerprint density at radius 1 is 0.680 bits per heavy atom. The molecule has 0 aliphatic heterocycles. The molecule has 0 saturated heterocycles. The minimum atomic E-state index is -6.01. The zero-order valence-electron chi connectivity index (χ0n) is 25.9. The van der Waals surface area contributed by atoms with E-state index in [9.17, 15) is 79.5 Å². The van der Waals surface area contributed by atoms with Crippen molar-refractivity contribution in [3.63, 3.8) is 0 Å². The number of rotatable bonds is 14. The molecule has 1 aliphatic carbocycles. The van der Waals surface area contributed by atoms with Crippen molar-refractivity contribution >= 4 is 70.0 Å². The molecule has 34 heteroatoms. The minimum absolute atomic E-state index is 0. The van der Waals surface area contributed by atoms with Gasteiger partial charge in [-0.15, -0.1) is 0 Å². The fourth-order valence-electron chi connectivity index (χ4n) is 3.62. The standard InChI is InChI=1S/C16H18O24S5.5Na/c17-13(4-2-8-1-3-9(36-41(20,21)22)10(5-8)37-42(23,24)25)35-11-6-16(15(18)19,40-45(32,33)34)7-12(38-43(26,27)28)14(11)39-44(29,30)31;;;;;/h1-5,11-12,14H,6-7H2,(H,18,19)(H,20,21,22)(H,23,24,25)(H,26,27,28)(H,29,30,31)(H,32,33,34);;;;;/q;5*+1/p-5/b4-2+;;;;;/t11-,12-,14-,16+;;;;;/m1...../s1. The van der Waals surface area contributed by atoms with E-state index in [-0.39, 0.29) is 153 Å². The second-order valence-electron chi connectivity index (χ2n) is 8.21. The summed E-state index contributed by atoms with van der Waals surface area (Å²) in [4.78, 5) is 24.4. The second kappa shape index (κ2) is 22.6. The van der Waals surface area contributed by atoms with Gasteiger partial charge in [0.05, 0.1) is 0 Å². The van der Waals surface area contributed by atoms with Gasteiger partial charge in [0.25, 0.3) is 20.8 Å². The number of esters is 1. The summed E-state index contributed by atoms with van der Waals surface area (Å²) in [5.41, 5.74) is -3.82. The molecule has 2 rings (SSSR count). The predicted molar refractivity (Wildman–Crippen MR) is 126 cm³/mol. The zero-order chi connectivity index (χ0) is 34.8. The number of carboxylic acid groups (broad SMARTS) is 1. The number of carbonyl (C=O) groups is 2. The van der Waals surface area contributed by atoms with Crippen LogP contribution in [-0.4, -0.2) is 106 Å². The summed E-state index contributed by atoms with van der Waals surface area (Å²) >= 11 is 0. The first kappa shape index (κ1) is 58.6. The molecule has 256 valence electrons. The van der Waals surface area contributed by atoms with Crippen molar-refractivity contribution in [2.24, 2.45) is 0 Å². The maximum absolute atomic E-state index is 12.5. The van der Waals surface area contributed by atoms with Crippen molar-refractivity contribution in [1.82, 2.24) is 0 Å². The van der Waals surface area contributed by atoms with E-state index in [1.54, 1.807) is 0 Å². The third kappa shape index (κ3) is 21.9. The SMILES string of the molecule is O=C(/C=C/c1ccc(OS(=O)(=O)[O-])c(OS(=O)(=O)[O-])c1)O[C@@H]1C[C@@](OS(=O)(=O)[O-])(C(=O)O)C[C@@H](OS(=O)(=O)[O-])[C@@H]1OS(=O)(=O)[O-].[Na+].[Na+].[Na+].[Na+].[Na+]. The van der Waals surface area contributed by atoms with Crippen molar-refractivity contribution in [3.05, 3.63) is 29.8 Å². The largest absolute Gasteiger partial charge is 1.00 e. The third-order valence-corrected chi connectivity index (χ3v) is 7.18. The Morgan fingerprint density at radius 3 is 1.56 bits per heavy atom. The van der Waals surface area contributed by atoms with Crippen LogP contribution in [0.3, 0.4) is 0 Å². The average molecular weight is 865 g/mol. The Balaban J connectivity index is -0.00000212. The number of carbonyl (C=O) groups excluding carboxylic acids is 1. The van der Waals surface area contributed by atoms with Crippen molar-refractivity contribution in [3.8, 4) is 11.5 Å². The third-order valence-electron chi connectivity index (χ3n) is 4.95. The van der Waals surface area contributed by atoms with Gasteiger partial charge in [0.1, 0.15) is 18.3 Å². The average Bonchev–Trinajstić information content (AvgIpc) is 2.76. The molecule has 0 heterocycles. The van der Waals surface area contributed by atoms with Gasteiger partial charge in [0.2, 0.25) is 31.2 Å². The van der Waals surface area contributed by atoms with Crippen LogP contribution < -0.4 is 156 Å². The summed E-state index contributed by atoms with van der Waals surface area (Å²) in [6, 6.07) is 1.86. The molecule has 0 aromatic heterocycles. The molecule has 1 aliphatic rings. The maximum Gasteiger partial charge on any atom is 1.00 e. The van der Waals surface area contributed by atoms with E-state index in [1.807, 2.05) is 0 Å². The summed E-state index contributed by atoms with van der Waals surface area (Å²) < 4.78 is 191. The van der Waals surface area contributed by atoms with E-state index in [1.165, 1.54) is 0 Å². The monoisotopic (exact) mass is 864 g/mol. The van der Waals surface area contributed by atoms with Crippen LogP contribution in [0.4, 0.5) is 0 Å². The molecule has 4 atom stereocenters. The molecule has 1 aromatic carbocycles. The molecule has 50 heavy (non-hydrogen) atoms. The van der Waals surface area contributed by atoms with Gasteiger partial charge in [-0.05, 0) is 23.8 Å². The first-order valence-electron chi connectivity index (χ1n) is 10.6. The summed E-state index contributed by atoms with van der Waals surface area (Å²) in [5, 5.41) is 9.56. The van der Waals surface area contributed by atoms with Crippen molar-refractivity contribution in [1.29, 1.82) is 0 Å². The zero-order valence-corrected chi connectivity index (χ0v) is 40.0. The Morgan fingerprint density at radius 2 is 1.14 bits per heavy atom. The predicted octanol–water partition coefficient (Wildman–Crippen LogP) is -18.9. The Kier molecular flexibility index (Phi) is 26.5. The summed E-state index contributed by atoms with van der Waals surface area (Å²) in [6.07, 6.45) is -10.3. The molecule has 0 radical (unpaired) electrons. The van der Waals surface area contributed by atoms with E-state index in [4.69, 9.17) is 4.74 Å². The number of benzene rings is 1. The van der Waals surface area contributed by atoms with Crippen LogP contribution in [0.1, 0.15) is 18.4 Å². The van der Waals surface area contributed by atoms with Crippen molar-refractivity contribution in [2.45, 2.75) is 36.8 Å². The van der Waals surface area contributed by atoms with Crippen LogP contribution >= 0.6 is 0 Å². The van der Waals surface area contributed by atoms with E-state index < -0.39 is 112 Å². The van der Waals surface area contributed by atoms with Crippen LogP contribution in [0.25, 0.3) is 6.08 Å². The number of aliphatic carboxylic acids is 1. The van der Waals surface area contributed by atoms with Gasteiger partial charge in [0, 0.05) is 18.9 Å². The first-order chi connectivity index (χ1) is 20.1. The van der Waals surface area contributed by atoms with Crippen molar-refractivity contribution < 1.29 is 253 Å². The Bertz CT molecular complexity index is 1920. The molecular weight excluding hydrogens is 851 g/mol. The van der Waals surface area contributed by atoms with Crippen LogP contribution in [0.15, 0.2) is 24.3 Å². The number of hydrogen-bond donors (Lipinski definition) is 1. The topological polar surface area (TPSA) is 396 Å². The fourth-order valence-corrected chi connectivity index (χ4v) is 5.93. The first-order valence-corrected chi connectivity index (χ1v) is 17.2. The quantitative estimate of drug-likeness (QED) is 0.0596. The summed E-state index contributed by atoms with van der Waals surface area (Å²) in [5.74, 6) is -6.44. The molecule has 1 fully saturated rings. The van der Waals surface area contributed by atoms with Crippen LogP contribution in [0.5, 0.6) is 11.5 Å². The molecular formula is C16H13Na5O24S5. The van der Waals surface area contributed by atoms with E-state index in [2.05, 4.69) is 20.9 Å². The van der Waals surface area contributed by atoms with Gasteiger partial charge >= 0.3 is 160 Å². The summed E-state index contributed by atoms with van der Waals surface area (Å²) in [7, 11) is -29.1. The van der Waals surface area contributed by atoms with E-state index >= 15 is 0 Å². The smallest absolute Gasteiger partial charge is 0.726 e. The van der Waals surface area contributed by atoms with Gasteiger partial charge in [-0.2, -0.15) is 0 Å². The Hall–Kier alpha value is 1.93. The molecule has 0 bridgehead atoms. The second-order valence-corrected chi connectivity index (χ2v) is 13.2. The normalized spacial score (nSPS) is 21.0. The van der Waals surface area contributed by atoms with Crippen molar-refractivity contribution in [2.75, 3.05) is 0 Å². The molecule has 24 nitrogen and oxygen atoms in total. The maximum atomic E-state index is 12.5. The molecule has 1 saturated carbocycles. The number of hydrogen-bond acceptors (Lipinski definition) is 23. The number of ether oxygens (including phenoxy) is 1. The van der Waals surface area contributed by atoms with Gasteiger partial charge in [-0.1, -0.05) is 6.07 Å². The molecule has 0 spiro atoms. The Labute approximate surface area is 394 Å². The molecule has 1 aromatic rings. The van der Waals surface area contributed by atoms with Crippen LogP contribution in [0.2, 0.25) is 0 Å². The fraction of sp³-hybridized carbons (Fsp3) is 0.375.